The third kappa shape index (κ3) is 1.60. The molecule has 1 rings (SSSR count). The van der Waals surface area contributed by atoms with E-state index in [4.69, 9.17) is 5.73 Å². The lowest BCUT2D eigenvalue weighted by Gasteiger charge is -1.81. The summed E-state index contributed by atoms with van der Waals surface area (Å²) in [5.41, 5.74) is 5.26. The van der Waals surface area contributed by atoms with Gasteiger partial charge in [-0.1, -0.05) is 11.8 Å². The summed E-state index contributed by atoms with van der Waals surface area (Å²) in [6.07, 6.45) is 1.79. The Balaban J connectivity index is 3.07. The van der Waals surface area contributed by atoms with E-state index >= 15 is 0 Å². The van der Waals surface area contributed by atoms with Crippen LogP contribution in [0.5, 0.6) is 0 Å². The molecule has 7 heteroatoms. The van der Waals surface area contributed by atoms with Gasteiger partial charge in [-0.15, -0.1) is 0 Å². The molecule has 0 aliphatic carbocycles. The number of thiazole rings is 1. The lowest BCUT2D eigenvalue weighted by atomic mass is 10.7. The predicted molar refractivity (Wildman–Crippen MR) is 45.0 cm³/mol. The molecule has 0 saturated heterocycles. The van der Waals surface area contributed by atoms with E-state index in [0.29, 0.717) is 4.34 Å². The zero-order chi connectivity index (χ0) is 8.43. The molecule has 0 bridgehead atoms. The first kappa shape index (κ1) is 8.28. The SMILES string of the molecule is CSc1nc(N)c([N+](=O)[O-])s1. The number of aromatic nitrogens is 1. The van der Waals surface area contributed by atoms with Gasteiger partial charge in [-0.05, 0) is 17.6 Å². The van der Waals surface area contributed by atoms with Crippen LogP contribution in [0, 0.1) is 10.1 Å². The van der Waals surface area contributed by atoms with Crippen molar-refractivity contribution in [2.75, 3.05) is 12.0 Å². The highest BCUT2D eigenvalue weighted by atomic mass is 32.2. The van der Waals surface area contributed by atoms with E-state index in [1.165, 1.54) is 11.8 Å². The molecule has 0 spiro atoms. The standard InChI is InChI=1S/C4H5N3O2S2/c1-10-4-6-2(5)3(11-4)7(8)9/h5H2,1H3. The summed E-state index contributed by atoms with van der Waals surface area (Å²) in [5.74, 6) is 0.00403. The summed E-state index contributed by atoms with van der Waals surface area (Å²) in [5, 5.41) is 10.2. The molecule has 1 heterocycles. The Labute approximate surface area is 70.8 Å². The predicted octanol–water partition coefficient (Wildman–Crippen LogP) is 1.36. The summed E-state index contributed by atoms with van der Waals surface area (Å²) < 4.78 is 0.620. The van der Waals surface area contributed by atoms with Crippen LogP contribution in [-0.2, 0) is 0 Å². The average molecular weight is 191 g/mol. The van der Waals surface area contributed by atoms with Crippen molar-refractivity contribution in [2.45, 2.75) is 4.34 Å². The second kappa shape index (κ2) is 3.05. The number of nitro groups is 1. The Hall–Kier alpha value is -0.820. The van der Waals surface area contributed by atoms with Gasteiger partial charge in [0, 0.05) is 0 Å². The van der Waals surface area contributed by atoms with Crippen molar-refractivity contribution in [3.05, 3.63) is 10.1 Å². The van der Waals surface area contributed by atoms with Gasteiger partial charge in [-0.2, -0.15) is 0 Å². The van der Waals surface area contributed by atoms with E-state index < -0.39 is 4.92 Å². The van der Waals surface area contributed by atoms with Crippen LogP contribution in [0.4, 0.5) is 10.8 Å². The van der Waals surface area contributed by atoms with E-state index in [9.17, 15) is 10.1 Å². The average Bonchev–Trinajstić information content (AvgIpc) is 2.30. The monoisotopic (exact) mass is 191 g/mol. The van der Waals surface area contributed by atoms with Crippen LogP contribution in [0.2, 0.25) is 0 Å². The van der Waals surface area contributed by atoms with Gasteiger partial charge in [0.05, 0.1) is 4.92 Å². The maximum atomic E-state index is 10.2. The quantitative estimate of drug-likeness (QED) is 0.433. The Bertz CT molecular complexity index is 285. The molecule has 0 atom stereocenters. The normalized spacial score (nSPS) is 9.91. The van der Waals surface area contributed by atoms with Crippen LogP contribution >= 0.6 is 23.1 Å². The van der Waals surface area contributed by atoms with Crippen molar-refractivity contribution < 1.29 is 4.92 Å². The molecule has 0 aliphatic heterocycles. The number of nitrogen functional groups attached to an aromatic ring is 1. The molecule has 2 N–H and O–H groups in total. The number of rotatable bonds is 2. The van der Waals surface area contributed by atoms with E-state index in [-0.39, 0.29) is 10.8 Å². The fraction of sp³-hybridized carbons (Fsp3) is 0.250. The number of thioether (sulfide) groups is 1. The zero-order valence-corrected chi connectivity index (χ0v) is 7.24. The van der Waals surface area contributed by atoms with E-state index in [0.717, 1.165) is 11.3 Å². The topological polar surface area (TPSA) is 82.0 Å². The molecule has 11 heavy (non-hydrogen) atoms. The molecule has 0 fully saturated rings. The lowest BCUT2D eigenvalue weighted by molar-refractivity contribution is -0.379. The van der Waals surface area contributed by atoms with Crippen molar-refractivity contribution >= 4 is 33.9 Å². The smallest absolute Gasteiger partial charge is 0.368 e. The minimum absolute atomic E-state index is 0.00403. The fourth-order valence-corrected chi connectivity index (χ4v) is 1.82. The maximum absolute atomic E-state index is 10.2. The highest BCUT2D eigenvalue weighted by molar-refractivity contribution is 8.00. The Morgan fingerprint density at radius 1 is 1.82 bits per heavy atom. The Kier molecular flexibility index (Phi) is 2.30. The van der Waals surface area contributed by atoms with Crippen LogP contribution in [0.15, 0.2) is 4.34 Å². The molecule has 60 valence electrons. The van der Waals surface area contributed by atoms with Crippen LogP contribution in [-0.4, -0.2) is 16.2 Å². The highest BCUT2D eigenvalue weighted by Gasteiger charge is 2.17. The van der Waals surface area contributed by atoms with Crippen LogP contribution in [0.1, 0.15) is 0 Å². The fourth-order valence-electron chi connectivity index (χ4n) is 0.522. The number of anilines is 1. The summed E-state index contributed by atoms with van der Waals surface area (Å²) in [4.78, 5) is 13.5. The number of nitrogens with zero attached hydrogens (tertiary/aromatic N) is 2. The van der Waals surface area contributed by atoms with Crippen molar-refractivity contribution in [2.24, 2.45) is 0 Å². The van der Waals surface area contributed by atoms with Crippen molar-refractivity contribution in [3.8, 4) is 0 Å². The molecule has 5 nitrogen and oxygen atoms in total. The van der Waals surface area contributed by atoms with E-state index in [1.54, 1.807) is 6.26 Å². The van der Waals surface area contributed by atoms with Crippen molar-refractivity contribution in [1.29, 1.82) is 0 Å². The Morgan fingerprint density at radius 2 is 2.45 bits per heavy atom. The molecule has 0 aliphatic rings. The van der Waals surface area contributed by atoms with Crippen molar-refractivity contribution in [3.63, 3.8) is 0 Å². The molecular weight excluding hydrogens is 186 g/mol. The van der Waals surface area contributed by atoms with Gasteiger partial charge < -0.3 is 5.73 Å². The first-order valence-electron chi connectivity index (χ1n) is 2.60. The van der Waals surface area contributed by atoms with E-state index in [1.807, 2.05) is 0 Å². The summed E-state index contributed by atoms with van der Waals surface area (Å²) in [6, 6.07) is 0. The number of hydrogen-bond acceptors (Lipinski definition) is 6. The summed E-state index contributed by atoms with van der Waals surface area (Å²) in [6.45, 7) is 0. The van der Waals surface area contributed by atoms with Gasteiger partial charge >= 0.3 is 5.00 Å². The second-order valence-corrected chi connectivity index (χ2v) is 3.66. The molecule has 0 amide bonds. The molecule has 1 aromatic rings. The molecule has 0 saturated carbocycles. The minimum Gasteiger partial charge on any atom is -0.377 e. The summed E-state index contributed by atoms with van der Waals surface area (Å²) >= 11 is 2.34. The second-order valence-electron chi connectivity index (χ2n) is 1.63. The lowest BCUT2D eigenvalue weighted by Crippen LogP contribution is -1.91. The van der Waals surface area contributed by atoms with Gasteiger partial charge in [-0.25, -0.2) is 4.98 Å². The molecule has 0 radical (unpaired) electrons. The van der Waals surface area contributed by atoms with Crippen LogP contribution < -0.4 is 5.73 Å². The van der Waals surface area contributed by atoms with Gasteiger partial charge in [0.25, 0.3) is 0 Å². The zero-order valence-electron chi connectivity index (χ0n) is 5.60. The third-order valence-electron chi connectivity index (χ3n) is 0.955. The van der Waals surface area contributed by atoms with Gasteiger partial charge in [0.15, 0.2) is 4.34 Å². The molecule has 1 aromatic heterocycles. The van der Waals surface area contributed by atoms with Gasteiger partial charge in [0.2, 0.25) is 5.82 Å². The number of nitrogens with two attached hydrogens (primary N) is 1. The van der Waals surface area contributed by atoms with Crippen LogP contribution in [0.25, 0.3) is 0 Å². The maximum Gasteiger partial charge on any atom is 0.368 e. The molecular formula is C4H5N3O2S2. The summed E-state index contributed by atoms with van der Waals surface area (Å²) in [7, 11) is 0. The van der Waals surface area contributed by atoms with Gasteiger partial charge in [0.1, 0.15) is 0 Å². The van der Waals surface area contributed by atoms with Crippen LogP contribution in [0.3, 0.4) is 0 Å². The number of hydrogen-bond donors (Lipinski definition) is 1. The first-order valence-corrected chi connectivity index (χ1v) is 4.64. The van der Waals surface area contributed by atoms with Crippen molar-refractivity contribution in [1.82, 2.24) is 4.98 Å². The van der Waals surface area contributed by atoms with E-state index in [2.05, 4.69) is 4.98 Å². The largest absolute Gasteiger partial charge is 0.377 e. The molecule has 0 aromatic carbocycles. The van der Waals surface area contributed by atoms with Gasteiger partial charge in [-0.3, -0.25) is 10.1 Å². The minimum atomic E-state index is -0.521. The first-order chi connectivity index (χ1) is 5.15. The Morgan fingerprint density at radius 3 is 2.73 bits per heavy atom. The highest BCUT2D eigenvalue weighted by Crippen LogP contribution is 2.33. The third-order valence-corrected chi connectivity index (χ3v) is 2.96. The molecule has 0 unspecified atom stereocenters.